The van der Waals surface area contributed by atoms with Crippen LogP contribution in [0, 0.1) is 5.82 Å². The number of methoxy groups -OCH3 is 1. The molecule has 33 heavy (non-hydrogen) atoms. The highest BCUT2D eigenvalue weighted by Crippen LogP contribution is 2.56. The predicted octanol–water partition coefficient (Wildman–Crippen LogP) is 4.71. The first-order valence-electron chi connectivity index (χ1n) is 11.4. The Morgan fingerprint density at radius 1 is 1.21 bits per heavy atom. The summed E-state index contributed by atoms with van der Waals surface area (Å²) in [5.74, 6) is -0.0513. The van der Waals surface area contributed by atoms with Gasteiger partial charge in [-0.15, -0.1) is 0 Å². The van der Waals surface area contributed by atoms with Crippen LogP contribution < -0.4 is 5.32 Å². The number of nitrogens with zero attached hydrogens (tertiary/aromatic N) is 2. The number of nitrogens with one attached hydrogen (secondary N) is 2. The van der Waals surface area contributed by atoms with Gasteiger partial charge in [-0.25, -0.2) is 4.39 Å². The van der Waals surface area contributed by atoms with Gasteiger partial charge in [-0.05, 0) is 44.4 Å². The molecule has 0 radical (unpaired) electrons. The largest absolute Gasteiger partial charge is 0.367 e. The van der Waals surface area contributed by atoms with Crippen LogP contribution in [0.4, 0.5) is 10.2 Å². The van der Waals surface area contributed by atoms with E-state index in [9.17, 15) is 14.0 Å². The summed E-state index contributed by atoms with van der Waals surface area (Å²) in [4.78, 5) is 28.6. The average Bonchev–Trinajstić information content (AvgIpc) is 3.20. The van der Waals surface area contributed by atoms with Crippen molar-refractivity contribution >= 4 is 25.7 Å². The monoisotopic (exact) mass is 472 g/mol. The second kappa shape index (κ2) is 8.05. The summed E-state index contributed by atoms with van der Waals surface area (Å²) in [6.07, 6.45) is 2.06. The van der Waals surface area contributed by atoms with E-state index in [0.29, 0.717) is 17.9 Å². The zero-order valence-corrected chi connectivity index (χ0v) is 21.2. The molecule has 0 saturated heterocycles. The Kier molecular flexibility index (Phi) is 5.77. The maximum absolute atomic E-state index is 13.5. The third-order valence-corrected chi connectivity index (χ3v) is 11.3. The van der Waals surface area contributed by atoms with E-state index in [-0.39, 0.29) is 22.7 Å². The van der Waals surface area contributed by atoms with Crippen LogP contribution in [-0.2, 0) is 26.4 Å². The molecule has 178 valence electrons. The van der Waals surface area contributed by atoms with Gasteiger partial charge < -0.3 is 15.0 Å². The highest BCUT2D eigenvalue weighted by molar-refractivity contribution is 6.83. The van der Waals surface area contributed by atoms with E-state index in [1.807, 2.05) is 13.8 Å². The number of anilines is 1. The molecule has 2 aliphatic rings. The minimum absolute atomic E-state index is 0.0471. The quantitative estimate of drug-likeness (QED) is 0.596. The Morgan fingerprint density at radius 3 is 2.36 bits per heavy atom. The van der Waals surface area contributed by atoms with Crippen LogP contribution >= 0.6 is 0 Å². The van der Waals surface area contributed by atoms with Crippen molar-refractivity contribution in [1.29, 1.82) is 0 Å². The van der Waals surface area contributed by atoms with Gasteiger partial charge in [0.25, 0.3) is 5.91 Å². The fourth-order valence-electron chi connectivity index (χ4n) is 5.21. The summed E-state index contributed by atoms with van der Waals surface area (Å²) in [5, 5.41) is 10.3. The summed E-state index contributed by atoms with van der Waals surface area (Å²) in [6, 6.07) is 5.76. The number of halogens is 1. The SMILES string of the molecule is COC(C(=O)N1Cc2c(NC(=O)C3([Si](C)(C)C)CCC3)n[nH]c2C1(C)C)c1ccc(F)cc1. The number of ether oxygens (including phenoxy) is 1. The minimum Gasteiger partial charge on any atom is -0.367 e. The molecular formula is C24H33FN4O3Si. The molecule has 1 atom stereocenters. The van der Waals surface area contributed by atoms with Gasteiger partial charge in [-0.2, -0.15) is 5.10 Å². The molecule has 1 unspecified atom stereocenters. The second-order valence-corrected chi connectivity index (χ2v) is 16.2. The fraction of sp³-hybridized carbons (Fsp3) is 0.542. The van der Waals surface area contributed by atoms with E-state index in [4.69, 9.17) is 4.74 Å². The van der Waals surface area contributed by atoms with Crippen LogP contribution in [0.2, 0.25) is 24.7 Å². The number of H-pyrrole nitrogens is 1. The van der Waals surface area contributed by atoms with Gasteiger partial charge in [0.15, 0.2) is 11.9 Å². The van der Waals surface area contributed by atoms with Crippen LogP contribution in [0.15, 0.2) is 24.3 Å². The van der Waals surface area contributed by atoms with E-state index < -0.39 is 19.7 Å². The number of amides is 2. The zero-order chi connectivity index (χ0) is 24.2. The van der Waals surface area contributed by atoms with Gasteiger partial charge in [-0.1, -0.05) is 38.2 Å². The second-order valence-electron chi connectivity index (χ2n) is 10.7. The van der Waals surface area contributed by atoms with Crippen LogP contribution in [-0.4, -0.2) is 42.1 Å². The highest BCUT2D eigenvalue weighted by Gasteiger charge is 2.54. The lowest BCUT2D eigenvalue weighted by Crippen LogP contribution is -2.52. The van der Waals surface area contributed by atoms with E-state index in [1.54, 1.807) is 17.0 Å². The average molecular weight is 473 g/mol. The molecule has 0 bridgehead atoms. The lowest BCUT2D eigenvalue weighted by molar-refractivity contribution is -0.148. The predicted molar refractivity (Wildman–Crippen MR) is 127 cm³/mol. The number of rotatable bonds is 6. The molecule has 0 spiro atoms. The highest BCUT2D eigenvalue weighted by atomic mass is 28.3. The van der Waals surface area contributed by atoms with Gasteiger partial charge in [0, 0.05) is 17.7 Å². The Labute approximate surface area is 195 Å². The molecule has 2 aromatic rings. The van der Waals surface area contributed by atoms with Gasteiger partial charge in [0.2, 0.25) is 5.91 Å². The first-order valence-corrected chi connectivity index (χ1v) is 14.9. The van der Waals surface area contributed by atoms with Crippen molar-refractivity contribution in [2.75, 3.05) is 12.4 Å². The van der Waals surface area contributed by atoms with Crippen LogP contribution in [0.25, 0.3) is 0 Å². The van der Waals surface area contributed by atoms with Gasteiger partial charge in [-0.3, -0.25) is 14.7 Å². The molecule has 1 aliphatic carbocycles. The molecule has 1 fully saturated rings. The van der Waals surface area contributed by atoms with Crippen molar-refractivity contribution in [2.45, 2.75) is 76.0 Å². The molecular weight excluding hydrogens is 439 g/mol. The minimum atomic E-state index is -1.73. The molecule has 2 N–H and O–H groups in total. The van der Waals surface area contributed by atoms with E-state index in [1.165, 1.54) is 19.2 Å². The van der Waals surface area contributed by atoms with Crippen molar-refractivity contribution in [3.8, 4) is 0 Å². The summed E-state index contributed by atoms with van der Waals surface area (Å²) >= 11 is 0. The summed E-state index contributed by atoms with van der Waals surface area (Å²) in [6.45, 7) is 10.9. The first kappa shape index (κ1) is 23.6. The molecule has 7 nitrogen and oxygen atoms in total. The molecule has 1 aromatic carbocycles. The topological polar surface area (TPSA) is 87.3 Å². The maximum Gasteiger partial charge on any atom is 0.257 e. The van der Waals surface area contributed by atoms with E-state index in [2.05, 4.69) is 35.2 Å². The number of carbonyl (C=O) groups excluding carboxylic acids is 2. The Morgan fingerprint density at radius 2 is 1.85 bits per heavy atom. The molecule has 9 heteroatoms. The third-order valence-electron chi connectivity index (χ3n) is 7.68. The Balaban J connectivity index is 1.58. The molecule has 1 aromatic heterocycles. The number of hydrogen-bond acceptors (Lipinski definition) is 4. The molecule has 4 rings (SSSR count). The lowest BCUT2D eigenvalue weighted by Gasteiger charge is -2.48. The number of aromatic amines is 1. The maximum atomic E-state index is 13.5. The van der Waals surface area contributed by atoms with Crippen LogP contribution in [0.5, 0.6) is 0 Å². The van der Waals surface area contributed by atoms with Crippen molar-refractivity contribution in [1.82, 2.24) is 15.1 Å². The van der Waals surface area contributed by atoms with Gasteiger partial charge in [0.05, 0.1) is 25.9 Å². The summed E-state index contributed by atoms with van der Waals surface area (Å²) in [5.41, 5.74) is 1.53. The molecule has 2 amide bonds. The zero-order valence-electron chi connectivity index (χ0n) is 20.2. The number of aromatic nitrogens is 2. The van der Waals surface area contributed by atoms with E-state index in [0.717, 1.165) is 30.5 Å². The number of hydrogen-bond donors (Lipinski definition) is 2. The Hall–Kier alpha value is -2.52. The lowest BCUT2D eigenvalue weighted by atomic mass is 9.83. The normalized spacial score (nSPS) is 19.5. The molecule has 2 heterocycles. The van der Waals surface area contributed by atoms with Gasteiger partial charge >= 0.3 is 0 Å². The summed E-state index contributed by atoms with van der Waals surface area (Å²) in [7, 11) is -0.257. The van der Waals surface area contributed by atoms with Gasteiger partial charge in [0.1, 0.15) is 5.82 Å². The third kappa shape index (κ3) is 3.71. The smallest absolute Gasteiger partial charge is 0.257 e. The fourth-order valence-corrected chi connectivity index (χ4v) is 7.80. The number of carbonyl (C=O) groups is 2. The van der Waals surface area contributed by atoms with E-state index >= 15 is 0 Å². The molecule has 1 aliphatic heterocycles. The Bertz CT molecular complexity index is 1070. The van der Waals surface area contributed by atoms with Crippen molar-refractivity contribution < 1.29 is 18.7 Å². The molecule has 1 saturated carbocycles. The van der Waals surface area contributed by atoms with Crippen LogP contribution in [0.1, 0.15) is 56.0 Å². The van der Waals surface area contributed by atoms with Crippen molar-refractivity contribution in [3.63, 3.8) is 0 Å². The van der Waals surface area contributed by atoms with Crippen LogP contribution in [0.3, 0.4) is 0 Å². The number of benzene rings is 1. The first-order chi connectivity index (χ1) is 15.4. The number of fused-ring (bicyclic) bond motifs is 1. The van der Waals surface area contributed by atoms with Crippen molar-refractivity contribution in [3.05, 3.63) is 46.9 Å². The standard InChI is InChI=1S/C24H33FN4O3Si/c1-23(2)19-17(14-29(23)21(30)18(32-3)15-8-10-16(25)11-9-15)20(28-27-19)26-22(31)24(12-7-13-24)33(4,5)6/h8-11,18H,7,12-14H2,1-6H3,(H2,26,27,28,31). The van der Waals surface area contributed by atoms with Crippen molar-refractivity contribution in [2.24, 2.45) is 0 Å². The summed E-state index contributed by atoms with van der Waals surface area (Å²) < 4.78 is 18.9.